The van der Waals surface area contributed by atoms with E-state index in [1.54, 1.807) is 16.0 Å². The molecular weight excluding hydrogens is 408 g/mol. The number of amides is 1. The topological polar surface area (TPSA) is 69.0 Å². The van der Waals surface area contributed by atoms with E-state index in [0.29, 0.717) is 18.9 Å². The highest BCUT2D eigenvalue weighted by atomic mass is 32.1. The van der Waals surface area contributed by atoms with Crippen molar-refractivity contribution in [3.05, 3.63) is 71.0 Å². The summed E-state index contributed by atoms with van der Waals surface area (Å²) >= 11 is 1.67. The summed E-state index contributed by atoms with van der Waals surface area (Å²) < 4.78 is 8.33. The fraction of sp³-hybridized carbons (Fsp3) is 0.292. The molecule has 4 aromatic rings. The second-order valence-corrected chi connectivity index (χ2v) is 8.85. The van der Waals surface area contributed by atoms with Gasteiger partial charge in [-0.15, -0.1) is 11.3 Å². The minimum atomic E-state index is -0.104. The predicted octanol–water partition coefficient (Wildman–Crippen LogP) is 4.20. The van der Waals surface area contributed by atoms with Crippen LogP contribution in [0.25, 0.3) is 21.3 Å². The number of pyridine rings is 1. The number of benzene rings is 1. The molecule has 6 nitrogen and oxygen atoms in total. The van der Waals surface area contributed by atoms with Crippen molar-refractivity contribution < 1.29 is 9.53 Å². The van der Waals surface area contributed by atoms with Crippen molar-refractivity contribution in [3.63, 3.8) is 0 Å². The van der Waals surface area contributed by atoms with Gasteiger partial charge in [0, 0.05) is 38.1 Å². The Morgan fingerprint density at radius 3 is 2.74 bits per heavy atom. The van der Waals surface area contributed by atoms with Gasteiger partial charge in [0.25, 0.3) is 5.91 Å². The van der Waals surface area contributed by atoms with E-state index in [-0.39, 0.29) is 11.9 Å². The number of carbonyl (C=O) groups excluding carboxylic acids is 1. The molecule has 5 rings (SSSR count). The minimum absolute atomic E-state index is 0.104. The Hall–Kier alpha value is -3.03. The van der Waals surface area contributed by atoms with Gasteiger partial charge >= 0.3 is 0 Å². The van der Waals surface area contributed by atoms with Crippen molar-refractivity contribution in [2.24, 2.45) is 7.05 Å². The highest BCUT2D eigenvalue weighted by Gasteiger charge is 2.19. The van der Waals surface area contributed by atoms with Crippen molar-refractivity contribution in [1.82, 2.24) is 20.1 Å². The molecule has 1 aliphatic rings. The van der Waals surface area contributed by atoms with Crippen molar-refractivity contribution in [2.75, 3.05) is 13.2 Å². The van der Waals surface area contributed by atoms with Crippen LogP contribution in [-0.2, 0) is 18.2 Å². The molecule has 1 fully saturated rings. The number of carbonyl (C=O) groups is 1. The standard InChI is InChI=1S/C24H24N4O2S/c1-28-15-19(14-25-28)17-4-2-16(3-5-17)12-18-13-22(27-21-8-11-31-23(18)21)24(29)26-20-6-9-30-10-7-20/h2-5,8,11,13-15,20H,6-7,9-10,12H2,1H3,(H,26,29). The van der Waals surface area contributed by atoms with Crippen molar-refractivity contribution >= 4 is 27.5 Å². The van der Waals surface area contributed by atoms with E-state index in [1.807, 2.05) is 37.0 Å². The molecule has 1 aromatic carbocycles. The number of ether oxygens (including phenoxy) is 1. The number of thiophene rings is 1. The van der Waals surface area contributed by atoms with Crippen LogP contribution in [-0.4, -0.2) is 39.9 Å². The number of rotatable bonds is 5. The smallest absolute Gasteiger partial charge is 0.270 e. The van der Waals surface area contributed by atoms with Gasteiger partial charge in [0.1, 0.15) is 5.69 Å². The SMILES string of the molecule is Cn1cc(-c2ccc(Cc3cc(C(=O)NC4CCOCC4)nc4ccsc34)cc2)cn1. The van der Waals surface area contributed by atoms with Crippen LogP contribution in [0.2, 0.25) is 0 Å². The zero-order chi connectivity index (χ0) is 21.2. The average Bonchev–Trinajstić information content (AvgIpc) is 3.44. The van der Waals surface area contributed by atoms with Gasteiger partial charge in [0.15, 0.2) is 0 Å². The van der Waals surface area contributed by atoms with E-state index in [2.05, 4.69) is 39.7 Å². The van der Waals surface area contributed by atoms with Crippen LogP contribution in [0.4, 0.5) is 0 Å². The van der Waals surface area contributed by atoms with Crippen LogP contribution in [0.15, 0.2) is 54.2 Å². The molecular formula is C24H24N4O2S. The summed E-state index contributed by atoms with van der Waals surface area (Å²) in [5.74, 6) is -0.104. The summed E-state index contributed by atoms with van der Waals surface area (Å²) in [6.45, 7) is 1.39. The summed E-state index contributed by atoms with van der Waals surface area (Å²) in [5, 5.41) is 9.40. The maximum atomic E-state index is 12.9. The number of nitrogens with one attached hydrogen (secondary N) is 1. The summed E-state index contributed by atoms with van der Waals surface area (Å²) in [5.41, 5.74) is 5.94. The van der Waals surface area contributed by atoms with Gasteiger partial charge < -0.3 is 10.1 Å². The Balaban J connectivity index is 1.38. The molecule has 7 heteroatoms. The first-order valence-electron chi connectivity index (χ1n) is 10.5. The van der Waals surface area contributed by atoms with Crippen LogP contribution in [0.1, 0.15) is 34.5 Å². The van der Waals surface area contributed by atoms with Crippen LogP contribution in [0, 0.1) is 0 Å². The molecule has 0 spiro atoms. The zero-order valence-electron chi connectivity index (χ0n) is 17.4. The highest BCUT2D eigenvalue weighted by Crippen LogP contribution is 2.27. The molecule has 1 aliphatic heterocycles. The molecule has 1 amide bonds. The lowest BCUT2D eigenvalue weighted by molar-refractivity contribution is 0.0694. The van der Waals surface area contributed by atoms with Crippen LogP contribution >= 0.6 is 11.3 Å². The number of aryl methyl sites for hydroxylation is 1. The molecule has 0 radical (unpaired) electrons. The van der Waals surface area contributed by atoms with E-state index in [1.165, 1.54) is 5.56 Å². The third-order valence-electron chi connectivity index (χ3n) is 5.66. The lowest BCUT2D eigenvalue weighted by Gasteiger charge is -2.23. The lowest BCUT2D eigenvalue weighted by Crippen LogP contribution is -2.39. The molecule has 158 valence electrons. The number of hydrogen-bond acceptors (Lipinski definition) is 5. The van der Waals surface area contributed by atoms with E-state index in [4.69, 9.17) is 4.74 Å². The number of hydrogen-bond donors (Lipinski definition) is 1. The molecule has 1 saturated heterocycles. The molecule has 0 atom stereocenters. The lowest BCUT2D eigenvalue weighted by atomic mass is 10.0. The Bertz CT molecular complexity index is 1210. The highest BCUT2D eigenvalue weighted by molar-refractivity contribution is 7.17. The van der Waals surface area contributed by atoms with Gasteiger partial charge in [-0.25, -0.2) is 4.98 Å². The number of aromatic nitrogens is 3. The molecule has 0 unspecified atom stereocenters. The molecule has 3 aromatic heterocycles. The Morgan fingerprint density at radius 2 is 2.00 bits per heavy atom. The summed E-state index contributed by atoms with van der Waals surface area (Å²) in [6, 6.07) is 12.6. The normalized spacial score (nSPS) is 14.7. The molecule has 0 aliphatic carbocycles. The van der Waals surface area contributed by atoms with Gasteiger partial charge in [-0.1, -0.05) is 24.3 Å². The Morgan fingerprint density at radius 1 is 1.19 bits per heavy atom. The largest absolute Gasteiger partial charge is 0.381 e. The number of fused-ring (bicyclic) bond motifs is 1. The van der Waals surface area contributed by atoms with E-state index in [0.717, 1.165) is 46.2 Å². The number of nitrogens with zero attached hydrogens (tertiary/aromatic N) is 3. The Kier molecular flexibility index (Phi) is 5.53. The predicted molar refractivity (Wildman–Crippen MR) is 122 cm³/mol. The van der Waals surface area contributed by atoms with Crippen LogP contribution in [0.5, 0.6) is 0 Å². The van der Waals surface area contributed by atoms with Crippen molar-refractivity contribution in [1.29, 1.82) is 0 Å². The van der Waals surface area contributed by atoms with Gasteiger partial charge in [0.05, 0.1) is 16.4 Å². The minimum Gasteiger partial charge on any atom is -0.381 e. The molecule has 0 bridgehead atoms. The summed E-state index contributed by atoms with van der Waals surface area (Å²) in [6.07, 6.45) is 6.34. The second-order valence-electron chi connectivity index (χ2n) is 7.94. The third kappa shape index (κ3) is 4.38. The molecule has 31 heavy (non-hydrogen) atoms. The van der Waals surface area contributed by atoms with E-state index < -0.39 is 0 Å². The van der Waals surface area contributed by atoms with Gasteiger partial charge in [0.2, 0.25) is 0 Å². The maximum absolute atomic E-state index is 12.9. The molecule has 0 saturated carbocycles. The van der Waals surface area contributed by atoms with Gasteiger partial charge in [-0.2, -0.15) is 5.10 Å². The monoisotopic (exact) mass is 432 g/mol. The molecule has 1 N–H and O–H groups in total. The van der Waals surface area contributed by atoms with E-state index >= 15 is 0 Å². The second kappa shape index (κ2) is 8.61. The van der Waals surface area contributed by atoms with Crippen molar-refractivity contribution in [3.8, 4) is 11.1 Å². The fourth-order valence-electron chi connectivity index (χ4n) is 3.98. The van der Waals surface area contributed by atoms with Gasteiger partial charge in [-0.05, 0) is 53.5 Å². The first-order chi connectivity index (χ1) is 15.2. The van der Waals surface area contributed by atoms with Crippen molar-refractivity contribution in [2.45, 2.75) is 25.3 Å². The van der Waals surface area contributed by atoms with Gasteiger partial charge in [-0.3, -0.25) is 9.48 Å². The first kappa shape index (κ1) is 19.9. The third-order valence-corrected chi connectivity index (χ3v) is 6.64. The Labute approximate surface area is 184 Å². The summed E-state index contributed by atoms with van der Waals surface area (Å²) in [7, 11) is 1.92. The zero-order valence-corrected chi connectivity index (χ0v) is 18.2. The van der Waals surface area contributed by atoms with Crippen LogP contribution in [0.3, 0.4) is 0 Å². The average molecular weight is 433 g/mol. The first-order valence-corrected chi connectivity index (χ1v) is 11.4. The summed E-state index contributed by atoms with van der Waals surface area (Å²) in [4.78, 5) is 17.5. The quantitative estimate of drug-likeness (QED) is 0.513. The maximum Gasteiger partial charge on any atom is 0.270 e. The van der Waals surface area contributed by atoms with Crippen LogP contribution < -0.4 is 5.32 Å². The molecule has 4 heterocycles. The van der Waals surface area contributed by atoms with E-state index in [9.17, 15) is 4.79 Å². The fourth-order valence-corrected chi connectivity index (χ4v) is 4.83.